The monoisotopic (exact) mass is 313 g/mol. The van der Waals surface area contributed by atoms with Crippen molar-refractivity contribution in [3.63, 3.8) is 0 Å². The lowest BCUT2D eigenvalue weighted by atomic mass is 10.1. The van der Waals surface area contributed by atoms with E-state index in [9.17, 15) is 4.79 Å². The third-order valence-electron chi connectivity index (χ3n) is 3.00. The maximum absolute atomic E-state index is 11.8. The van der Waals surface area contributed by atoms with Crippen molar-refractivity contribution in [1.29, 1.82) is 0 Å². The molecule has 0 spiro atoms. The van der Waals surface area contributed by atoms with Crippen LogP contribution in [0.1, 0.15) is 45.1 Å². The molecule has 1 rings (SSSR count). The van der Waals surface area contributed by atoms with E-state index in [1.165, 1.54) is 18.9 Å². The van der Waals surface area contributed by atoms with E-state index in [-0.39, 0.29) is 11.9 Å². The minimum atomic E-state index is -0.0833. The summed E-state index contributed by atoms with van der Waals surface area (Å²) < 4.78 is 0. The van der Waals surface area contributed by atoms with Crippen LogP contribution in [0.2, 0.25) is 10.0 Å². The molecule has 110 valence electrons. The average molecular weight is 314 g/mol. The average Bonchev–Trinajstić information content (AvgIpc) is 2.40. The molecule has 20 heavy (non-hydrogen) atoms. The summed E-state index contributed by atoms with van der Waals surface area (Å²) in [5.74, 6) is -0.0833. The highest BCUT2D eigenvalue weighted by atomic mass is 35.5. The molecule has 0 aliphatic carbocycles. The van der Waals surface area contributed by atoms with Crippen molar-refractivity contribution in [3.8, 4) is 0 Å². The zero-order valence-electron chi connectivity index (χ0n) is 12.0. The highest BCUT2D eigenvalue weighted by Crippen LogP contribution is 2.23. The van der Waals surface area contributed by atoms with Gasteiger partial charge in [-0.3, -0.25) is 4.79 Å². The quantitative estimate of drug-likeness (QED) is 0.551. The predicted molar refractivity (Wildman–Crippen MR) is 87.2 cm³/mol. The highest BCUT2D eigenvalue weighted by molar-refractivity contribution is 6.42. The Bertz CT molecular complexity index is 472. The molecule has 0 aromatic heterocycles. The van der Waals surface area contributed by atoms with Crippen LogP contribution in [-0.4, -0.2) is 11.9 Å². The predicted octanol–water partition coefficient (Wildman–Crippen LogP) is 5.09. The van der Waals surface area contributed by atoms with Gasteiger partial charge in [-0.1, -0.05) is 55.5 Å². The maximum Gasteiger partial charge on any atom is 0.244 e. The zero-order chi connectivity index (χ0) is 15.0. The fraction of sp³-hybridized carbons (Fsp3) is 0.438. The molecule has 0 heterocycles. The minimum absolute atomic E-state index is 0.0833. The van der Waals surface area contributed by atoms with E-state index < -0.39 is 0 Å². The second-order valence-electron chi connectivity index (χ2n) is 4.91. The third-order valence-corrected chi connectivity index (χ3v) is 3.74. The normalized spacial score (nSPS) is 12.6. The SMILES string of the molecule is CCCCCC(C)NC(=O)/C=C/c1ccc(Cl)c(Cl)c1. The molecule has 0 bridgehead atoms. The molecular weight excluding hydrogens is 293 g/mol. The third kappa shape index (κ3) is 6.44. The number of hydrogen-bond donors (Lipinski definition) is 1. The number of nitrogens with one attached hydrogen (secondary N) is 1. The van der Waals surface area contributed by atoms with E-state index in [0.717, 1.165) is 18.4 Å². The number of halogens is 2. The van der Waals surface area contributed by atoms with Crippen LogP contribution in [0.15, 0.2) is 24.3 Å². The number of carbonyl (C=O) groups is 1. The number of rotatable bonds is 7. The van der Waals surface area contributed by atoms with Gasteiger partial charge in [0.15, 0.2) is 0 Å². The lowest BCUT2D eigenvalue weighted by molar-refractivity contribution is -0.117. The van der Waals surface area contributed by atoms with Crippen molar-refractivity contribution in [2.45, 2.75) is 45.6 Å². The Morgan fingerprint density at radius 2 is 2.05 bits per heavy atom. The van der Waals surface area contributed by atoms with Crippen LogP contribution < -0.4 is 5.32 Å². The van der Waals surface area contributed by atoms with E-state index in [0.29, 0.717) is 10.0 Å². The molecule has 1 N–H and O–H groups in total. The maximum atomic E-state index is 11.8. The van der Waals surface area contributed by atoms with Crippen molar-refractivity contribution >= 4 is 35.2 Å². The Morgan fingerprint density at radius 1 is 1.30 bits per heavy atom. The highest BCUT2D eigenvalue weighted by Gasteiger charge is 2.04. The molecule has 1 aromatic rings. The first kappa shape index (κ1) is 17.1. The lowest BCUT2D eigenvalue weighted by Gasteiger charge is -2.11. The summed E-state index contributed by atoms with van der Waals surface area (Å²) >= 11 is 11.8. The van der Waals surface area contributed by atoms with Crippen LogP contribution >= 0.6 is 23.2 Å². The Morgan fingerprint density at radius 3 is 2.70 bits per heavy atom. The van der Waals surface area contributed by atoms with Crippen molar-refractivity contribution in [1.82, 2.24) is 5.32 Å². The van der Waals surface area contributed by atoms with Crippen molar-refractivity contribution in [2.24, 2.45) is 0 Å². The van der Waals surface area contributed by atoms with E-state index >= 15 is 0 Å². The van der Waals surface area contributed by atoms with Crippen molar-refractivity contribution in [3.05, 3.63) is 39.9 Å². The first-order valence-electron chi connectivity index (χ1n) is 6.96. The smallest absolute Gasteiger partial charge is 0.244 e. The molecule has 1 atom stereocenters. The number of benzene rings is 1. The molecule has 0 aliphatic heterocycles. The second-order valence-corrected chi connectivity index (χ2v) is 5.73. The second kappa shape index (κ2) is 9.04. The molecule has 0 fully saturated rings. The van der Waals surface area contributed by atoms with Gasteiger partial charge < -0.3 is 5.32 Å². The number of carbonyl (C=O) groups excluding carboxylic acids is 1. The van der Waals surface area contributed by atoms with Gasteiger partial charge in [-0.05, 0) is 37.1 Å². The van der Waals surface area contributed by atoms with Gasteiger partial charge in [0.1, 0.15) is 0 Å². The summed E-state index contributed by atoms with van der Waals surface area (Å²) in [6, 6.07) is 5.48. The van der Waals surface area contributed by atoms with Crippen molar-refractivity contribution < 1.29 is 4.79 Å². The Kier molecular flexibility index (Phi) is 7.71. The lowest BCUT2D eigenvalue weighted by Crippen LogP contribution is -2.30. The van der Waals surface area contributed by atoms with Gasteiger partial charge in [-0.15, -0.1) is 0 Å². The standard InChI is InChI=1S/C16H21Cl2NO/c1-3-4-5-6-12(2)19-16(20)10-8-13-7-9-14(17)15(18)11-13/h7-12H,3-6H2,1-2H3,(H,19,20)/b10-8+. The first-order chi connectivity index (χ1) is 9.52. The molecule has 0 radical (unpaired) electrons. The van der Waals surface area contributed by atoms with E-state index in [1.807, 2.05) is 13.0 Å². The van der Waals surface area contributed by atoms with Gasteiger partial charge >= 0.3 is 0 Å². The molecule has 0 saturated heterocycles. The summed E-state index contributed by atoms with van der Waals surface area (Å²) in [4.78, 5) is 11.8. The Labute approximate surface area is 131 Å². The van der Waals surface area contributed by atoms with E-state index in [2.05, 4.69) is 12.2 Å². The molecule has 1 unspecified atom stereocenters. The Balaban J connectivity index is 2.44. The summed E-state index contributed by atoms with van der Waals surface area (Å²) in [5, 5.41) is 3.95. The molecule has 4 heteroatoms. The van der Waals surface area contributed by atoms with E-state index in [4.69, 9.17) is 23.2 Å². The van der Waals surface area contributed by atoms with Gasteiger partial charge in [0.05, 0.1) is 10.0 Å². The number of hydrogen-bond acceptors (Lipinski definition) is 1. The zero-order valence-corrected chi connectivity index (χ0v) is 13.5. The summed E-state index contributed by atoms with van der Waals surface area (Å²) in [6.45, 7) is 4.20. The summed E-state index contributed by atoms with van der Waals surface area (Å²) in [7, 11) is 0. The minimum Gasteiger partial charge on any atom is -0.350 e. The van der Waals surface area contributed by atoms with Gasteiger partial charge in [-0.25, -0.2) is 0 Å². The van der Waals surface area contributed by atoms with Crippen LogP contribution in [-0.2, 0) is 4.79 Å². The van der Waals surface area contributed by atoms with Gasteiger partial charge in [-0.2, -0.15) is 0 Å². The molecule has 1 amide bonds. The first-order valence-corrected chi connectivity index (χ1v) is 7.72. The van der Waals surface area contributed by atoms with Crippen LogP contribution in [0.25, 0.3) is 6.08 Å². The number of unbranched alkanes of at least 4 members (excludes halogenated alkanes) is 2. The fourth-order valence-electron chi connectivity index (χ4n) is 1.85. The van der Waals surface area contributed by atoms with Crippen LogP contribution in [0, 0.1) is 0 Å². The van der Waals surface area contributed by atoms with Crippen LogP contribution in [0.3, 0.4) is 0 Å². The summed E-state index contributed by atoms with van der Waals surface area (Å²) in [6.07, 6.45) is 7.82. The molecule has 1 aromatic carbocycles. The van der Waals surface area contributed by atoms with Crippen LogP contribution in [0.5, 0.6) is 0 Å². The molecule has 0 saturated carbocycles. The molecular formula is C16H21Cl2NO. The fourth-order valence-corrected chi connectivity index (χ4v) is 2.16. The number of amides is 1. The summed E-state index contributed by atoms with van der Waals surface area (Å²) in [5.41, 5.74) is 0.855. The largest absolute Gasteiger partial charge is 0.350 e. The topological polar surface area (TPSA) is 29.1 Å². The molecule has 2 nitrogen and oxygen atoms in total. The van der Waals surface area contributed by atoms with Crippen molar-refractivity contribution in [2.75, 3.05) is 0 Å². The van der Waals surface area contributed by atoms with Gasteiger partial charge in [0.2, 0.25) is 5.91 Å². The van der Waals surface area contributed by atoms with Crippen LogP contribution in [0.4, 0.5) is 0 Å². The van der Waals surface area contributed by atoms with Gasteiger partial charge in [0.25, 0.3) is 0 Å². The van der Waals surface area contributed by atoms with Gasteiger partial charge in [0, 0.05) is 12.1 Å². The molecule has 0 aliphatic rings. The van der Waals surface area contributed by atoms with E-state index in [1.54, 1.807) is 18.2 Å². The Hall–Kier alpha value is -0.990.